The lowest BCUT2D eigenvalue weighted by atomic mass is 10.0. The Bertz CT molecular complexity index is 389. The summed E-state index contributed by atoms with van der Waals surface area (Å²) in [6, 6.07) is 2.57. The molecule has 0 aromatic heterocycles. The maximum Gasteiger partial charge on any atom is 0.251 e. The van der Waals surface area contributed by atoms with Crippen molar-refractivity contribution in [2.75, 3.05) is 6.54 Å². The van der Waals surface area contributed by atoms with Crippen molar-refractivity contribution in [2.24, 2.45) is 11.7 Å². The molecule has 2 atom stereocenters. The fourth-order valence-electron chi connectivity index (χ4n) is 1.32. The van der Waals surface area contributed by atoms with Crippen LogP contribution in [-0.2, 0) is 0 Å². The van der Waals surface area contributed by atoms with Crippen molar-refractivity contribution in [2.45, 2.75) is 19.9 Å². The molecule has 0 saturated heterocycles. The molecule has 17 heavy (non-hydrogen) atoms. The Labute approximate surface area is 99.0 Å². The second kappa shape index (κ2) is 5.72. The van der Waals surface area contributed by atoms with Crippen molar-refractivity contribution in [3.05, 3.63) is 35.4 Å². The summed E-state index contributed by atoms with van der Waals surface area (Å²) >= 11 is 0. The lowest BCUT2D eigenvalue weighted by molar-refractivity contribution is 0.0928. The zero-order chi connectivity index (χ0) is 13.0. The Hall–Kier alpha value is -1.49. The predicted molar refractivity (Wildman–Crippen MR) is 61.5 cm³/mol. The van der Waals surface area contributed by atoms with Crippen LogP contribution in [0.2, 0.25) is 0 Å². The normalized spacial score (nSPS) is 14.2. The highest BCUT2D eigenvalue weighted by atomic mass is 19.1. The quantitative estimate of drug-likeness (QED) is 0.844. The number of rotatable bonds is 4. The van der Waals surface area contributed by atoms with Gasteiger partial charge in [-0.3, -0.25) is 4.79 Å². The molecule has 5 heteroatoms. The van der Waals surface area contributed by atoms with Gasteiger partial charge >= 0.3 is 0 Å². The van der Waals surface area contributed by atoms with Gasteiger partial charge in [0, 0.05) is 17.7 Å². The van der Waals surface area contributed by atoms with Gasteiger partial charge in [-0.25, -0.2) is 8.78 Å². The summed E-state index contributed by atoms with van der Waals surface area (Å²) < 4.78 is 25.8. The van der Waals surface area contributed by atoms with Crippen LogP contribution in [0.5, 0.6) is 0 Å². The van der Waals surface area contributed by atoms with Crippen LogP contribution in [0, 0.1) is 17.6 Å². The molecular formula is C12H16F2N2O. The van der Waals surface area contributed by atoms with Gasteiger partial charge in [0.15, 0.2) is 0 Å². The van der Waals surface area contributed by atoms with Crippen molar-refractivity contribution in [1.29, 1.82) is 0 Å². The SMILES string of the molecule is CC(CN)C(C)NC(=O)c1cc(F)cc(F)c1. The van der Waals surface area contributed by atoms with Gasteiger partial charge in [0.05, 0.1) is 0 Å². The van der Waals surface area contributed by atoms with Crippen molar-refractivity contribution >= 4 is 5.91 Å². The monoisotopic (exact) mass is 242 g/mol. The third-order valence-electron chi connectivity index (χ3n) is 2.71. The van der Waals surface area contributed by atoms with E-state index in [4.69, 9.17) is 5.73 Å². The second-order valence-corrected chi connectivity index (χ2v) is 4.13. The molecular weight excluding hydrogens is 226 g/mol. The first kappa shape index (κ1) is 13.6. The molecule has 94 valence electrons. The number of hydrogen-bond acceptors (Lipinski definition) is 2. The van der Waals surface area contributed by atoms with Gasteiger partial charge in [-0.2, -0.15) is 0 Å². The van der Waals surface area contributed by atoms with Crippen molar-refractivity contribution in [3.8, 4) is 0 Å². The predicted octanol–water partition coefficient (Wildman–Crippen LogP) is 1.68. The molecule has 1 rings (SSSR count). The third-order valence-corrected chi connectivity index (χ3v) is 2.71. The van der Waals surface area contributed by atoms with Crippen LogP contribution in [0.1, 0.15) is 24.2 Å². The topological polar surface area (TPSA) is 55.1 Å². The first-order chi connectivity index (χ1) is 7.93. The van der Waals surface area contributed by atoms with E-state index in [-0.39, 0.29) is 17.5 Å². The van der Waals surface area contributed by atoms with E-state index in [1.165, 1.54) is 0 Å². The first-order valence-corrected chi connectivity index (χ1v) is 5.41. The lowest BCUT2D eigenvalue weighted by Gasteiger charge is -2.19. The summed E-state index contributed by atoms with van der Waals surface area (Å²) in [7, 11) is 0. The highest BCUT2D eigenvalue weighted by Gasteiger charge is 2.15. The Balaban J connectivity index is 2.76. The molecule has 1 aromatic carbocycles. The fourth-order valence-corrected chi connectivity index (χ4v) is 1.32. The smallest absolute Gasteiger partial charge is 0.251 e. The van der Waals surface area contributed by atoms with E-state index in [0.717, 1.165) is 18.2 Å². The average molecular weight is 242 g/mol. The van der Waals surface area contributed by atoms with Crippen molar-refractivity contribution in [1.82, 2.24) is 5.32 Å². The van der Waals surface area contributed by atoms with Gasteiger partial charge < -0.3 is 11.1 Å². The van der Waals surface area contributed by atoms with Crippen LogP contribution in [0.25, 0.3) is 0 Å². The van der Waals surface area contributed by atoms with Gasteiger partial charge in [0.25, 0.3) is 5.91 Å². The van der Waals surface area contributed by atoms with Gasteiger partial charge in [-0.1, -0.05) is 6.92 Å². The minimum atomic E-state index is -0.769. The molecule has 1 amide bonds. The van der Waals surface area contributed by atoms with Crippen LogP contribution in [0.4, 0.5) is 8.78 Å². The van der Waals surface area contributed by atoms with Gasteiger partial charge in [0.2, 0.25) is 0 Å². The Morgan fingerprint density at radius 3 is 2.29 bits per heavy atom. The number of hydrogen-bond donors (Lipinski definition) is 2. The largest absolute Gasteiger partial charge is 0.349 e. The molecule has 0 spiro atoms. The number of benzene rings is 1. The van der Waals surface area contributed by atoms with Crippen LogP contribution in [0.15, 0.2) is 18.2 Å². The summed E-state index contributed by atoms with van der Waals surface area (Å²) in [5.41, 5.74) is 5.44. The van der Waals surface area contributed by atoms with E-state index in [1.54, 1.807) is 6.92 Å². The first-order valence-electron chi connectivity index (χ1n) is 5.41. The molecule has 3 N–H and O–H groups in total. The van der Waals surface area contributed by atoms with Gasteiger partial charge in [-0.05, 0) is 31.5 Å². The number of carbonyl (C=O) groups excluding carboxylic acids is 1. The maximum absolute atomic E-state index is 12.9. The minimum absolute atomic E-state index is 0.0291. The average Bonchev–Trinajstić information content (AvgIpc) is 2.26. The molecule has 3 nitrogen and oxygen atoms in total. The molecule has 0 aliphatic rings. The Kier molecular flexibility index (Phi) is 4.57. The maximum atomic E-state index is 12.9. The number of halogens is 2. The van der Waals surface area contributed by atoms with E-state index >= 15 is 0 Å². The Morgan fingerprint density at radius 1 is 1.29 bits per heavy atom. The highest BCUT2D eigenvalue weighted by molar-refractivity contribution is 5.94. The van der Waals surface area contributed by atoms with Crippen LogP contribution >= 0.6 is 0 Å². The number of nitrogens with two attached hydrogens (primary N) is 1. The number of amides is 1. The van der Waals surface area contributed by atoms with Gasteiger partial charge in [-0.15, -0.1) is 0 Å². The van der Waals surface area contributed by atoms with E-state index in [1.807, 2.05) is 6.92 Å². The molecule has 0 saturated carbocycles. The standard InChI is InChI=1S/C12H16F2N2O/c1-7(6-15)8(2)16-12(17)9-3-10(13)5-11(14)4-9/h3-5,7-8H,6,15H2,1-2H3,(H,16,17). The van der Waals surface area contributed by atoms with E-state index in [0.29, 0.717) is 6.54 Å². The highest BCUT2D eigenvalue weighted by Crippen LogP contribution is 2.09. The van der Waals surface area contributed by atoms with Crippen LogP contribution in [0.3, 0.4) is 0 Å². The molecule has 0 aliphatic carbocycles. The molecule has 0 bridgehead atoms. The zero-order valence-electron chi connectivity index (χ0n) is 9.84. The second-order valence-electron chi connectivity index (χ2n) is 4.13. The van der Waals surface area contributed by atoms with Gasteiger partial charge in [0.1, 0.15) is 11.6 Å². The summed E-state index contributed by atoms with van der Waals surface area (Å²) in [6.07, 6.45) is 0. The fraction of sp³-hybridized carbons (Fsp3) is 0.417. The molecule has 1 aromatic rings. The Morgan fingerprint density at radius 2 is 1.82 bits per heavy atom. The van der Waals surface area contributed by atoms with Crippen LogP contribution < -0.4 is 11.1 Å². The van der Waals surface area contributed by atoms with Crippen LogP contribution in [-0.4, -0.2) is 18.5 Å². The third kappa shape index (κ3) is 3.78. The summed E-state index contributed by atoms with van der Waals surface area (Å²) in [5.74, 6) is -1.95. The molecule has 0 fully saturated rings. The van der Waals surface area contributed by atoms with E-state index in [2.05, 4.69) is 5.32 Å². The van der Waals surface area contributed by atoms with E-state index in [9.17, 15) is 13.6 Å². The number of carbonyl (C=O) groups is 1. The minimum Gasteiger partial charge on any atom is -0.349 e. The molecule has 0 radical (unpaired) electrons. The summed E-state index contributed by atoms with van der Waals surface area (Å²) in [6.45, 7) is 4.11. The molecule has 0 heterocycles. The van der Waals surface area contributed by atoms with E-state index < -0.39 is 17.5 Å². The zero-order valence-corrected chi connectivity index (χ0v) is 9.84. The van der Waals surface area contributed by atoms with Crippen molar-refractivity contribution < 1.29 is 13.6 Å². The summed E-state index contributed by atoms with van der Waals surface area (Å²) in [5, 5.41) is 2.65. The van der Waals surface area contributed by atoms with Crippen molar-refractivity contribution in [3.63, 3.8) is 0 Å². The number of nitrogens with one attached hydrogen (secondary N) is 1. The summed E-state index contributed by atoms with van der Waals surface area (Å²) in [4.78, 5) is 11.7. The molecule has 0 aliphatic heterocycles. The lowest BCUT2D eigenvalue weighted by Crippen LogP contribution is -2.39. The molecule has 2 unspecified atom stereocenters.